The molecule has 6 nitrogen and oxygen atoms in total. The number of nitrogens with zero attached hydrogens (tertiary/aromatic N) is 2. The predicted molar refractivity (Wildman–Crippen MR) is 112 cm³/mol. The van der Waals surface area contributed by atoms with Gasteiger partial charge in [-0.15, -0.1) is 0 Å². The Kier molecular flexibility index (Phi) is 6.36. The van der Waals surface area contributed by atoms with Crippen LogP contribution in [0.4, 0.5) is 5.69 Å². The van der Waals surface area contributed by atoms with Gasteiger partial charge in [0, 0.05) is 24.7 Å². The second-order valence-corrected chi connectivity index (χ2v) is 9.52. The zero-order chi connectivity index (χ0) is 21.0. The Bertz CT molecular complexity index is 1020. The van der Waals surface area contributed by atoms with Gasteiger partial charge in [0.2, 0.25) is 15.9 Å². The lowest BCUT2D eigenvalue weighted by Gasteiger charge is -2.30. The minimum absolute atomic E-state index is 0.140. The van der Waals surface area contributed by atoms with E-state index in [1.165, 1.54) is 4.31 Å². The molecule has 152 valence electrons. The Morgan fingerprint density at radius 2 is 1.79 bits per heavy atom. The van der Waals surface area contributed by atoms with E-state index in [2.05, 4.69) is 19.2 Å². The van der Waals surface area contributed by atoms with Gasteiger partial charge in [-0.05, 0) is 54.7 Å². The topological polar surface area (TPSA) is 90.3 Å². The molecule has 1 fully saturated rings. The zero-order valence-electron chi connectivity index (χ0n) is 16.6. The Hall–Kier alpha value is -2.69. The van der Waals surface area contributed by atoms with Crippen molar-refractivity contribution < 1.29 is 13.2 Å². The van der Waals surface area contributed by atoms with Crippen LogP contribution in [0, 0.1) is 17.2 Å². The normalized spacial score (nSPS) is 15.8. The lowest BCUT2D eigenvalue weighted by molar-refractivity contribution is -0.120. The Morgan fingerprint density at radius 3 is 2.38 bits per heavy atom. The van der Waals surface area contributed by atoms with Gasteiger partial charge in [0.25, 0.3) is 0 Å². The van der Waals surface area contributed by atoms with Gasteiger partial charge in [-0.25, -0.2) is 8.42 Å². The molecule has 1 saturated heterocycles. The van der Waals surface area contributed by atoms with E-state index in [0.29, 0.717) is 43.1 Å². The molecule has 0 saturated carbocycles. The first-order chi connectivity index (χ1) is 13.8. The van der Waals surface area contributed by atoms with Gasteiger partial charge >= 0.3 is 0 Å². The number of piperidine rings is 1. The summed E-state index contributed by atoms with van der Waals surface area (Å²) in [4.78, 5) is 12.8. The molecule has 0 unspecified atom stereocenters. The minimum Gasteiger partial charge on any atom is -0.326 e. The molecule has 0 aliphatic carbocycles. The first-order valence-electron chi connectivity index (χ1n) is 9.72. The van der Waals surface area contributed by atoms with Gasteiger partial charge in [-0.2, -0.15) is 9.57 Å². The van der Waals surface area contributed by atoms with Crippen LogP contribution in [0.25, 0.3) is 0 Å². The van der Waals surface area contributed by atoms with Crippen molar-refractivity contribution in [3.05, 3.63) is 59.7 Å². The fourth-order valence-corrected chi connectivity index (χ4v) is 4.91. The van der Waals surface area contributed by atoms with Crippen LogP contribution < -0.4 is 5.32 Å². The average molecular weight is 412 g/mol. The smallest absolute Gasteiger partial charge is 0.243 e. The lowest BCUT2D eigenvalue weighted by Crippen LogP contribution is -2.41. The van der Waals surface area contributed by atoms with E-state index >= 15 is 0 Å². The van der Waals surface area contributed by atoms with Crippen molar-refractivity contribution >= 4 is 21.6 Å². The fraction of sp³-hybridized carbons (Fsp3) is 0.364. The van der Waals surface area contributed by atoms with E-state index < -0.39 is 10.0 Å². The van der Waals surface area contributed by atoms with Crippen molar-refractivity contribution in [2.24, 2.45) is 5.92 Å². The molecule has 1 aliphatic rings. The lowest BCUT2D eigenvalue weighted by atomic mass is 9.97. The summed E-state index contributed by atoms with van der Waals surface area (Å²) in [5.74, 6) is -0.0520. The molecule has 1 N–H and O–H groups in total. The maximum absolute atomic E-state index is 12.9. The molecule has 2 aromatic carbocycles. The second-order valence-electron chi connectivity index (χ2n) is 7.58. The molecule has 7 heteroatoms. The molecule has 2 aromatic rings. The number of nitriles is 1. The van der Waals surface area contributed by atoms with E-state index in [1.807, 2.05) is 18.2 Å². The van der Waals surface area contributed by atoms with Crippen LogP contribution in [-0.4, -0.2) is 31.7 Å². The second kappa shape index (κ2) is 8.76. The molecule has 0 atom stereocenters. The Morgan fingerprint density at radius 1 is 1.14 bits per heavy atom. The number of hydrogen-bond acceptors (Lipinski definition) is 4. The van der Waals surface area contributed by atoms with Crippen LogP contribution in [0.15, 0.2) is 53.4 Å². The number of nitrogens with one attached hydrogen (secondary N) is 1. The molecule has 1 aliphatic heterocycles. The van der Waals surface area contributed by atoms with Gasteiger partial charge in [-0.1, -0.05) is 32.0 Å². The van der Waals surface area contributed by atoms with E-state index in [9.17, 15) is 13.2 Å². The summed E-state index contributed by atoms with van der Waals surface area (Å²) in [5.41, 5.74) is 2.15. The SMILES string of the molecule is CC(C)c1ccc(S(=O)(=O)N2CCC(C(=O)Nc3cccc(C#N)c3)CC2)cc1. The van der Waals surface area contributed by atoms with E-state index in [0.717, 1.165) is 5.56 Å². The largest absolute Gasteiger partial charge is 0.326 e. The highest BCUT2D eigenvalue weighted by atomic mass is 32.2. The number of anilines is 1. The number of hydrogen-bond donors (Lipinski definition) is 1. The Balaban J connectivity index is 1.61. The molecule has 0 spiro atoms. The number of sulfonamides is 1. The van der Waals surface area contributed by atoms with Crippen molar-refractivity contribution in [2.45, 2.75) is 37.5 Å². The molecule has 0 bridgehead atoms. The summed E-state index contributed by atoms with van der Waals surface area (Å²) in [6.07, 6.45) is 0.931. The van der Waals surface area contributed by atoms with Crippen molar-refractivity contribution in [1.29, 1.82) is 5.26 Å². The zero-order valence-corrected chi connectivity index (χ0v) is 17.4. The number of rotatable bonds is 5. The van der Waals surface area contributed by atoms with Crippen LogP contribution in [0.3, 0.4) is 0 Å². The third-order valence-corrected chi connectivity index (χ3v) is 7.18. The molecule has 0 radical (unpaired) electrons. The van der Waals surface area contributed by atoms with E-state index in [4.69, 9.17) is 5.26 Å². The van der Waals surface area contributed by atoms with Crippen LogP contribution in [0.2, 0.25) is 0 Å². The summed E-state index contributed by atoms with van der Waals surface area (Å²) in [7, 11) is -3.56. The molecular weight excluding hydrogens is 386 g/mol. The van der Waals surface area contributed by atoms with Gasteiger partial charge in [-0.3, -0.25) is 4.79 Å². The highest BCUT2D eigenvalue weighted by molar-refractivity contribution is 7.89. The average Bonchev–Trinajstić information content (AvgIpc) is 2.74. The van der Waals surface area contributed by atoms with Crippen LogP contribution in [0.1, 0.15) is 43.7 Å². The maximum atomic E-state index is 12.9. The number of carbonyl (C=O) groups excluding carboxylic acids is 1. The van der Waals surface area contributed by atoms with Crippen molar-refractivity contribution in [2.75, 3.05) is 18.4 Å². The van der Waals surface area contributed by atoms with Crippen molar-refractivity contribution in [1.82, 2.24) is 4.31 Å². The third kappa shape index (κ3) is 4.84. The monoisotopic (exact) mass is 411 g/mol. The number of carbonyl (C=O) groups is 1. The van der Waals surface area contributed by atoms with Gasteiger partial charge in [0.15, 0.2) is 0 Å². The summed E-state index contributed by atoms with van der Waals surface area (Å²) >= 11 is 0. The fourth-order valence-electron chi connectivity index (χ4n) is 3.44. The van der Waals surface area contributed by atoms with Gasteiger partial charge < -0.3 is 5.32 Å². The minimum atomic E-state index is -3.56. The standard InChI is InChI=1S/C22H25N3O3S/c1-16(2)18-6-8-21(9-7-18)29(27,28)25-12-10-19(11-13-25)22(26)24-20-5-3-4-17(14-20)15-23/h3-9,14,16,19H,10-13H2,1-2H3,(H,24,26). The molecule has 1 amide bonds. The van der Waals surface area contributed by atoms with Crippen LogP contribution >= 0.6 is 0 Å². The first kappa shape index (κ1) is 21.0. The molecule has 0 aromatic heterocycles. The summed E-state index contributed by atoms with van der Waals surface area (Å²) in [6.45, 7) is 4.75. The van der Waals surface area contributed by atoms with E-state index in [1.54, 1.807) is 36.4 Å². The van der Waals surface area contributed by atoms with Gasteiger partial charge in [0.05, 0.1) is 16.5 Å². The van der Waals surface area contributed by atoms with E-state index in [-0.39, 0.29) is 16.7 Å². The summed E-state index contributed by atoms with van der Waals surface area (Å²) in [5, 5.41) is 11.8. The first-order valence-corrected chi connectivity index (χ1v) is 11.2. The maximum Gasteiger partial charge on any atom is 0.243 e. The quantitative estimate of drug-likeness (QED) is 0.812. The van der Waals surface area contributed by atoms with Crippen LogP contribution in [-0.2, 0) is 14.8 Å². The molecule has 3 rings (SSSR count). The molecule has 29 heavy (non-hydrogen) atoms. The third-order valence-electron chi connectivity index (χ3n) is 5.27. The number of amides is 1. The van der Waals surface area contributed by atoms with Crippen molar-refractivity contribution in [3.8, 4) is 6.07 Å². The number of benzene rings is 2. The summed E-state index contributed by atoms with van der Waals surface area (Å²) < 4.78 is 27.3. The Labute approximate surface area is 172 Å². The predicted octanol–water partition coefficient (Wildman–Crippen LogP) is 3.72. The molecule has 1 heterocycles. The summed E-state index contributed by atoms with van der Waals surface area (Å²) in [6, 6.07) is 15.8. The molecular formula is C22H25N3O3S. The highest BCUT2D eigenvalue weighted by Gasteiger charge is 2.32. The van der Waals surface area contributed by atoms with Crippen LogP contribution in [0.5, 0.6) is 0 Å². The van der Waals surface area contributed by atoms with Crippen molar-refractivity contribution in [3.63, 3.8) is 0 Å². The highest BCUT2D eigenvalue weighted by Crippen LogP contribution is 2.26. The van der Waals surface area contributed by atoms with Gasteiger partial charge in [0.1, 0.15) is 0 Å².